The van der Waals surface area contributed by atoms with E-state index in [4.69, 9.17) is 4.52 Å². The predicted octanol–water partition coefficient (Wildman–Crippen LogP) is 1.87. The molecule has 0 N–H and O–H groups in total. The lowest BCUT2D eigenvalue weighted by molar-refractivity contribution is -0.255. The highest BCUT2D eigenvalue weighted by Crippen LogP contribution is 2.29. The first-order valence-electron chi connectivity index (χ1n) is 5.10. The molecule has 0 aliphatic heterocycles. The van der Waals surface area contributed by atoms with Crippen LogP contribution in [0.2, 0.25) is 0 Å². The molecule has 0 bridgehead atoms. The summed E-state index contributed by atoms with van der Waals surface area (Å²) in [7, 11) is 0. The zero-order valence-electron chi connectivity index (χ0n) is 9.07. The number of nitrogens with zero attached hydrogens (tertiary/aromatic N) is 1. The molecule has 1 aromatic heterocycles. The number of hydrogen-bond donors (Lipinski definition) is 0. The van der Waals surface area contributed by atoms with Gasteiger partial charge < -0.3 is 14.4 Å². The van der Waals surface area contributed by atoms with Gasteiger partial charge in [-0.2, -0.15) is 0 Å². The third-order valence-corrected chi connectivity index (χ3v) is 3.36. The maximum absolute atomic E-state index is 11.1. The molecule has 0 unspecified atom stereocenters. The largest absolute Gasteiger partial charge is 0.545 e. The lowest BCUT2D eigenvalue weighted by Crippen LogP contribution is -2.23. The van der Waals surface area contributed by atoms with E-state index in [0.29, 0.717) is 12.1 Å². The number of aromatic carboxylic acids is 1. The van der Waals surface area contributed by atoms with Crippen molar-refractivity contribution < 1.29 is 14.4 Å². The van der Waals surface area contributed by atoms with Gasteiger partial charge in [-0.25, -0.2) is 0 Å². The number of halogens is 1. The molecular weight excluding hydrogens is 333 g/mol. The molecule has 1 aromatic carbocycles. The Morgan fingerprint density at radius 3 is 2.76 bits per heavy atom. The lowest BCUT2D eigenvalue weighted by Gasteiger charge is -2.05. The Morgan fingerprint density at radius 2 is 2.18 bits per heavy atom. The van der Waals surface area contributed by atoms with E-state index < -0.39 is 5.97 Å². The fourth-order valence-electron chi connectivity index (χ4n) is 1.60. The number of carboxylic acid groups (broad SMARTS) is 1. The number of carboxylic acids is 1. The molecule has 5 heteroatoms. The number of rotatable bonds is 3. The fraction of sp³-hybridized carbons (Fsp3) is 0.167. The molecule has 0 amide bonds. The molecule has 0 saturated heterocycles. The summed E-state index contributed by atoms with van der Waals surface area (Å²) in [6.07, 6.45) is 0.496. The third-order valence-electron chi connectivity index (χ3n) is 2.42. The molecular formula is C12H9INO3-. The van der Waals surface area contributed by atoms with Crippen LogP contribution in [-0.2, 0) is 6.42 Å². The monoisotopic (exact) mass is 342 g/mol. The van der Waals surface area contributed by atoms with E-state index in [1.54, 1.807) is 6.07 Å². The van der Waals surface area contributed by atoms with Crippen molar-refractivity contribution in [2.45, 2.75) is 13.3 Å². The summed E-state index contributed by atoms with van der Waals surface area (Å²) in [5.41, 5.74) is 1.19. The quantitative estimate of drug-likeness (QED) is 0.799. The van der Waals surface area contributed by atoms with Gasteiger partial charge in [-0.3, -0.25) is 0 Å². The molecule has 0 saturated carbocycles. The zero-order valence-corrected chi connectivity index (χ0v) is 11.2. The van der Waals surface area contributed by atoms with Gasteiger partial charge in [-0.15, -0.1) is 0 Å². The van der Waals surface area contributed by atoms with Gasteiger partial charge in [-0.05, 0) is 35.1 Å². The minimum absolute atomic E-state index is 0.0524. The molecule has 2 rings (SSSR count). The van der Waals surface area contributed by atoms with E-state index in [2.05, 4.69) is 27.7 Å². The number of hydrogen-bond acceptors (Lipinski definition) is 4. The Balaban J connectivity index is 2.64. The highest BCUT2D eigenvalue weighted by molar-refractivity contribution is 14.1. The second-order valence-electron chi connectivity index (χ2n) is 3.45. The van der Waals surface area contributed by atoms with Gasteiger partial charge in [-0.1, -0.05) is 30.3 Å². The Morgan fingerprint density at radius 1 is 1.47 bits per heavy atom. The number of carbonyl (C=O) groups is 1. The average molecular weight is 342 g/mol. The molecule has 0 fully saturated rings. The molecule has 0 aliphatic rings. The molecule has 1 heterocycles. The van der Waals surface area contributed by atoms with Crippen LogP contribution < -0.4 is 5.11 Å². The number of carbonyl (C=O) groups excluding carboxylic acids is 1. The number of aromatic nitrogens is 1. The fourth-order valence-corrected chi connectivity index (χ4v) is 2.24. The third kappa shape index (κ3) is 2.19. The smallest absolute Gasteiger partial charge is 0.177 e. The molecule has 0 atom stereocenters. The van der Waals surface area contributed by atoms with E-state index in [1.165, 1.54) is 0 Å². The van der Waals surface area contributed by atoms with Crippen LogP contribution >= 0.6 is 22.6 Å². The maximum Gasteiger partial charge on any atom is 0.177 e. The maximum atomic E-state index is 11.1. The van der Waals surface area contributed by atoms with E-state index in [1.807, 2.05) is 25.1 Å². The van der Waals surface area contributed by atoms with Gasteiger partial charge in [0.25, 0.3) is 0 Å². The van der Waals surface area contributed by atoms with Crippen molar-refractivity contribution in [1.29, 1.82) is 0 Å². The summed E-state index contributed by atoms with van der Waals surface area (Å²) in [5, 5.41) is 14.9. The summed E-state index contributed by atoms with van der Waals surface area (Å²) in [5.74, 6) is -0.982. The van der Waals surface area contributed by atoms with Crippen molar-refractivity contribution in [2.24, 2.45) is 0 Å². The first kappa shape index (κ1) is 12.1. The Hall–Kier alpha value is -1.37. The number of aryl methyl sites for hydroxylation is 1. The topological polar surface area (TPSA) is 66.2 Å². The lowest BCUT2D eigenvalue weighted by atomic mass is 10.1. The highest BCUT2D eigenvalue weighted by Gasteiger charge is 2.18. The van der Waals surface area contributed by atoms with E-state index in [-0.39, 0.29) is 11.3 Å². The molecule has 88 valence electrons. The zero-order chi connectivity index (χ0) is 12.4. The van der Waals surface area contributed by atoms with Crippen LogP contribution in [0.4, 0.5) is 0 Å². The Bertz CT molecular complexity index is 563. The minimum Gasteiger partial charge on any atom is -0.545 e. The summed E-state index contributed by atoms with van der Waals surface area (Å²) < 4.78 is 6.05. The average Bonchev–Trinajstić information content (AvgIpc) is 2.73. The number of benzene rings is 1. The van der Waals surface area contributed by atoms with Gasteiger partial charge in [0.05, 0.1) is 17.2 Å². The molecule has 17 heavy (non-hydrogen) atoms. The van der Waals surface area contributed by atoms with Gasteiger partial charge in [0.15, 0.2) is 5.76 Å². The normalized spacial score (nSPS) is 10.5. The van der Waals surface area contributed by atoms with Crippen LogP contribution in [0.25, 0.3) is 11.3 Å². The van der Waals surface area contributed by atoms with Crippen LogP contribution in [0.15, 0.2) is 28.8 Å². The predicted molar refractivity (Wildman–Crippen MR) is 68.4 cm³/mol. The van der Waals surface area contributed by atoms with E-state index in [9.17, 15) is 9.90 Å². The van der Waals surface area contributed by atoms with Crippen molar-refractivity contribution in [3.63, 3.8) is 0 Å². The van der Waals surface area contributed by atoms with Crippen molar-refractivity contribution >= 4 is 28.6 Å². The summed E-state index contributed by atoms with van der Waals surface area (Å²) in [6.45, 7) is 1.82. The van der Waals surface area contributed by atoms with E-state index in [0.717, 1.165) is 9.13 Å². The molecule has 4 nitrogen and oxygen atoms in total. The van der Waals surface area contributed by atoms with Crippen LogP contribution in [0.3, 0.4) is 0 Å². The standard InChI is InChI=1S/C12H10INO3/c1-2-9-10(12(15)16)11(17-14-9)7-5-3-4-6-8(7)13/h3-6H,2H2,1H3,(H,15,16)/p-1. The van der Waals surface area contributed by atoms with Crippen molar-refractivity contribution in [3.8, 4) is 11.3 Å². The van der Waals surface area contributed by atoms with Crippen LogP contribution in [-0.4, -0.2) is 11.1 Å². The molecule has 0 aliphatic carbocycles. The van der Waals surface area contributed by atoms with Crippen molar-refractivity contribution in [1.82, 2.24) is 5.16 Å². The summed E-state index contributed by atoms with van der Waals surface area (Å²) in [6, 6.07) is 7.38. The summed E-state index contributed by atoms with van der Waals surface area (Å²) in [4.78, 5) is 11.1. The molecule has 0 spiro atoms. The van der Waals surface area contributed by atoms with Gasteiger partial charge in [0.2, 0.25) is 0 Å². The molecule has 0 radical (unpaired) electrons. The highest BCUT2D eigenvalue weighted by atomic mass is 127. The van der Waals surface area contributed by atoms with E-state index >= 15 is 0 Å². The van der Waals surface area contributed by atoms with Gasteiger partial charge in [0, 0.05) is 9.13 Å². The van der Waals surface area contributed by atoms with Crippen LogP contribution in [0, 0.1) is 3.57 Å². The van der Waals surface area contributed by atoms with Crippen LogP contribution in [0.5, 0.6) is 0 Å². The van der Waals surface area contributed by atoms with Gasteiger partial charge in [0.1, 0.15) is 0 Å². The second kappa shape index (κ2) is 4.87. The Labute approximate surface area is 112 Å². The van der Waals surface area contributed by atoms with Crippen LogP contribution in [0.1, 0.15) is 23.0 Å². The van der Waals surface area contributed by atoms with Gasteiger partial charge >= 0.3 is 0 Å². The minimum atomic E-state index is -1.25. The first-order chi connectivity index (χ1) is 8.15. The van der Waals surface area contributed by atoms with Crippen molar-refractivity contribution in [2.75, 3.05) is 0 Å². The summed E-state index contributed by atoms with van der Waals surface area (Å²) >= 11 is 2.12. The first-order valence-corrected chi connectivity index (χ1v) is 6.17. The second-order valence-corrected chi connectivity index (χ2v) is 4.62. The Kier molecular flexibility index (Phi) is 3.46. The van der Waals surface area contributed by atoms with Crippen molar-refractivity contribution in [3.05, 3.63) is 39.1 Å². The SMILES string of the molecule is CCc1noc(-c2ccccc2I)c1C(=O)[O-]. The molecule has 2 aromatic rings.